The van der Waals surface area contributed by atoms with E-state index in [0.29, 0.717) is 6.42 Å². The first kappa shape index (κ1) is 12.0. The van der Waals surface area contributed by atoms with Gasteiger partial charge in [-0.15, -0.1) is 11.8 Å². The average molecular weight is 250 g/mol. The zero-order chi connectivity index (χ0) is 12.4. The number of thioether (sulfide) groups is 1. The van der Waals surface area contributed by atoms with Crippen molar-refractivity contribution in [1.29, 1.82) is 0 Å². The molecule has 0 saturated carbocycles. The van der Waals surface area contributed by atoms with Gasteiger partial charge in [0.2, 0.25) is 0 Å². The molecule has 1 unspecified atom stereocenters. The smallest absolute Gasteiger partial charge is 0.320 e. The second-order valence-electron chi connectivity index (χ2n) is 3.85. The summed E-state index contributed by atoms with van der Waals surface area (Å²) in [5, 5.41) is 9.86. The Labute approximate surface area is 103 Å². The number of aromatic amines is 1. The van der Waals surface area contributed by atoms with Gasteiger partial charge in [0, 0.05) is 22.9 Å². The molecule has 0 bridgehead atoms. The lowest BCUT2D eigenvalue weighted by atomic mass is 10.1. The minimum atomic E-state index is -0.972. The molecule has 5 heteroatoms. The Bertz CT molecular complexity index is 550. The molecule has 0 fully saturated rings. The van der Waals surface area contributed by atoms with E-state index in [2.05, 4.69) is 4.98 Å². The Morgan fingerprint density at radius 3 is 3.00 bits per heavy atom. The Morgan fingerprint density at radius 2 is 2.35 bits per heavy atom. The fourth-order valence-electron chi connectivity index (χ4n) is 1.85. The third-order valence-corrected chi connectivity index (χ3v) is 3.52. The van der Waals surface area contributed by atoms with E-state index in [0.717, 1.165) is 21.4 Å². The summed E-state index contributed by atoms with van der Waals surface area (Å²) in [4.78, 5) is 15.1. The quantitative estimate of drug-likeness (QED) is 0.723. The fourth-order valence-corrected chi connectivity index (χ4v) is 2.44. The summed E-state index contributed by atoms with van der Waals surface area (Å²) in [6.07, 6.45) is 4.19. The van der Waals surface area contributed by atoms with Crippen LogP contribution in [-0.4, -0.2) is 28.4 Å². The van der Waals surface area contributed by atoms with Gasteiger partial charge in [0.1, 0.15) is 6.04 Å². The van der Waals surface area contributed by atoms with E-state index in [1.165, 1.54) is 0 Å². The molecule has 2 aromatic rings. The molecule has 1 aromatic carbocycles. The van der Waals surface area contributed by atoms with Gasteiger partial charge in [0.25, 0.3) is 0 Å². The van der Waals surface area contributed by atoms with Crippen LogP contribution < -0.4 is 5.73 Å². The van der Waals surface area contributed by atoms with Crippen LogP contribution in [0.15, 0.2) is 29.3 Å². The summed E-state index contributed by atoms with van der Waals surface area (Å²) < 4.78 is 0. The van der Waals surface area contributed by atoms with Crippen LogP contribution in [0.4, 0.5) is 0 Å². The number of para-hydroxylation sites is 1. The number of nitrogens with two attached hydrogens (primary N) is 1. The molecule has 0 amide bonds. The molecule has 90 valence electrons. The van der Waals surface area contributed by atoms with Crippen molar-refractivity contribution in [2.75, 3.05) is 6.26 Å². The van der Waals surface area contributed by atoms with Gasteiger partial charge in [-0.05, 0) is 17.9 Å². The fraction of sp³-hybridized carbons (Fsp3) is 0.250. The summed E-state index contributed by atoms with van der Waals surface area (Å²) in [6.45, 7) is 0. The van der Waals surface area contributed by atoms with Crippen molar-refractivity contribution in [3.05, 3.63) is 30.0 Å². The predicted molar refractivity (Wildman–Crippen MR) is 69.4 cm³/mol. The van der Waals surface area contributed by atoms with E-state index in [9.17, 15) is 4.79 Å². The monoisotopic (exact) mass is 250 g/mol. The van der Waals surface area contributed by atoms with Gasteiger partial charge >= 0.3 is 5.97 Å². The van der Waals surface area contributed by atoms with E-state index in [-0.39, 0.29) is 0 Å². The van der Waals surface area contributed by atoms with E-state index in [1.54, 1.807) is 11.8 Å². The first-order valence-electron chi connectivity index (χ1n) is 5.25. The second-order valence-corrected chi connectivity index (χ2v) is 4.69. The standard InChI is InChI=1S/C12H14N2O2S/c1-17-10-4-2-3-8-7(6-14-11(8)10)5-9(13)12(15)16/h2-4,6,9,14H,5,13H2,1H3,(H,15,16). The van der Waals surface area contributed by atoms with Crippen LogP contribution in [0, 0.1) is 0 Å². The number of hydrogen-bond acceptors (Lipinski definition) is 3. The minimum Gasteiger partial charge on any atom is -0.480 e. The number of aliphatic carboxylic acids is 1. The van der Waals surface area contributed by atoms with E-state index in [1.807, 2.05) is 30.7 Å². The number of carboxylic acid groups (broad SMARTS) is 1. The molecular weight excluding hydrogens is 236 g/mol. The summed E-state index contributed by atoms with van der Waals surface area (Å²) in [5.74, 6) is -0.972. The van der Waals surface area contributed by atoms with Gasteiger partial charge in [0.15, 0.2) is 0 Å². The van der Waals surface area contributed by atoms with Crippen LogP contribution in [0.1, 0.15) is 5.56 Å². The van der Waals surface area contributed by atoms with Crippen LogP contribution in [0.3, 0.4) is 0 Å². The molecule has 4 nitrogen and oxygen atoms in total. The number of aromatic nitrogens is 1. The number of rotatable bonds is 4. The molecule has 4 N–H and O–H groups in total. The highest BCUT2D eigenvalue weighted by molar-refractivity contribution is 7.98. The third-order valence-electron chi connectivity index (χ3n) is 2.74. The van der Waals surface area contributed by atoms with Crippen molar-refractivity contribution >= 4 is 28.6 Å². The SMILES string of the molecule is CSc1cccc2c(CC(N)C(=O)O)c[nH]c12. The number of nitrogens with one attached hydrogen (secondary N) is 1. The van der Waals surface area contributed by atoms with Crippen LogP contribution in [0.2, 0.25) is 0 Å². The number of carboxylic acids is 1. The zero-order valence-electron chi connectivity index (χ0n) is 9.43. The number of hydrogen-bond donors (Lipinski definition) is 3. The molecule has 1 heterocycles. The van der Waals surface area contributed by atoms with E-state index < -0.39 is 12.0 Å². The highest BCUT2D eigenvalue weighted by Crippen LogP contribution is 2.28. The molecule has 0 spiro atoms. The molecule has 0 saturated heterocycles. The summed E-state index contributed by atoms with van der Waals surface area (Å²) in [5.41, 5.74) is 7.55. The van der Waals surface area contributed by atoms with E-state index in [4.69, 9.17) is 10.8 Å². The zero-order valence-corrected chi connectivity index (χ0v) is 10.3. The first-order chi connectivity index (χ1) is 8.13. The second kappa shape index (κ2) is 4.81. The van der Waals surface area contributed by atoms with Gasteiger partial charge in [0.05, 0.1) is 5.52 Å². The number of benzene rings is 1. The van der Waals surface area contributed by atoms with Crippen LogP contribution >= 0.6 is 11.8 Å². The van der Waals surface area contributed by atoms with Crippen molar-refractivity contribution in [2.24, 2.45) is 5.73 Å². The minimum absolute atomic E-state index is 0.340. The van der Waals surface area contributed by atoms with Gasteiger partial charge in [-0.2, -0.15) is 0 Å². The van der Waals surface area contributed by atoms with Crippen molar-refractivity contribution in [1.82, 2.24) is 4.98 Å². The van der Waals surface area contributed by atoms with E-state index >= 15 is 0 Å². The highest BCUT2D eigenvalue weighted by atomic mass is 32.2. The molecule has 0 aliphatic rings. The van der Waals surface area contributed by atoms with Crippen LogP contribution in [0.25, 0.3) is 10.9 Å². The van der Waals surface area contributed by atoms with Gasteiger partial charge < -0.3 is 15.8 Å². The van der Waals surface area contributed by atoms with Crippen molar-refractivity contribution in [3.8, 4) is 0 Å². The first-order valence-corrected chi connectivity index (χ1v) is 6.47. The van der Waals surface area contributed by atoms with Crippen molar-refractivity contribution in [3.63, 3.8) is 0 Å². The predicted octanol–water partition coefficient (Wildman–Crippen LogP) is 1.84. The molecule has 1 atom stereocenters. The maximum Gasteiger partial charge on any atom is 0.320 e. The Balaban J connectivity index is 2.40. The van der Waals surface area contributed by atoms with Crippen molar-refractivity contribution < 1.29 is 9.90 Å². The maximum absolute atomic E-state index is 10.7. The molecule has 1 aromatic heterocycles. The van der Waals surface area contributed by atoms with Gasteiger partial charge in [-0.3, -0.25) is 4.79 Å². The number of carbonyl (C=O) groups is 1. The molecule has 0 radical (unpaired) electrons. The largest absolute Gasteiger partial charge is 0.480 e. The molecular formula is C12H14N2O2S. The topological polar surface area (TPSA) is 79.1 Å². The maximum atomic E-state index is 10.7. The summed E-state index contributed by atoms with van der Waals surface area (Å²) in [6, 6.07) is 5.13. The van der Waals surface area contributed by atoms with Crippen LogP contribution in [0.5, 0.6) is 0 Å². The van der Waals surface area contributed by atoms with Crippen molar-refractivity contribution in [2.45, 2.75) is 17.4 Å². The molecule has 2 rings (SSSR count). The Kier molecular flexibility index (Phi) is 3.40. The lowest BCUT2D eigenvalue weighted by Crippen LogP contribution is -2.32. The number of fused-ring (bicyclic) bond motifs is 1. The Morgan fingerprint density at radius 1 is 1.59 bits per heavy atom. The molecule has 17 heavy (non-hydrogen) atoms. The van der Waals surface area contributed by atoms with Crippen LogP contribution in [-0.2, 0) is 11.2 Å². The molecule has 0 aliphatic carbocycles. The highest BCUT2D eigenvalue weighted by Gasteiger charge is 2.15. The number of H-pyrrole nitrogens is 1. The van der Waals surface area contributed by atoms with Gasteiger partial charge in [-0.1, -0.05) is 12.1 Å². The Hall–Kier alpha value is -1.46. The lowest BCUT2D eigenvalue weighted by molar-refractivity contribution is -0.138. The lowest BCUT2D eigenvalue weighted by Gasteiger charge is -2.05. The third kappa shape index (κ3) is 2.30. The normalized spacial score (nSPS) is 12.8. The summed E-state index contributed by atoms with van der Waals surface area (Å²) >= 11 is 1.66. The summed E-state index contributed by atoms with van der Waals surface area (Å²) in [7, 11) is 0. The van der Waals surface area contributed by atoms with Gasteiger partial charge in [-0.25, -0.2) is 0 Å². The average Bonchev–Trinajstić information content (AvgIpc) is 2.72. The molecule has 0 aliphatic heterocycles.